The summed E-state index contributed by atoms with van der Waals surface area (Å²) < 4.78 is 11.4. The largest absolute Gasteiger partial charge is 0.381 e. The Labute approximate surface area is 203 Å². The number of hydrogen-bond donors (Lipinski definition) is 2. The zero-order valence-corrected chi connectivity index (χ0v) is 20.9. The molecule has 2 aliphatic rings. The Morgan fingerprint density at radius 2 is 1.94 bits per heavy atom. The van der Waals surface area contributed by atoms with Crippen LogP contribution in [0.1, 0.15) is 50.2 Å². The molecule has 1 aromatic rings. The molecule has 7 nitrogen and oxygen atoms in total. The van der Waals surface area contributed by atoms with Crippen LogP contribution in [0.3, 0.4) is 0 Å². The van der Waals surface area contributed by atoms with Crippen molar-refractivity contribution in [2.24, 2.45) is 16.6 Å². The number of nitrogens with one attached hydrogen (secondary N) is 1. The molecule has 1 atom stereocenters. The van der Waals surface area contributed by atoms with Crippen LogP contribution in [0.5, 0.6) is 0 Å². The van der Waals surface area contributed by atoms with Gasteiger partial charge in [0, 0.05) is 39.3 Å². The van der Waals surface area contributed by atoms with Crippen molar-refractivity contribution >= 4 is 35.8 Å². The lowest BCUT2D eigenvalue weighted by Gasteiger charge is -2.34. The van der Waals surface area contributed by atoms with E-state index >= 15 is 0 Å². The molecule has 0 aliphatic carbocycles. The van der Waals surface area contributed by atoms with E-state index in [1.165, 1.54) is 11.1 Å². The predicted molar refractivity (Wildman–Crippen MR) is 133 cm³/mol. The molecule has 1 unspecified atom stereocenters. The van der Waals surface area contributed by atoms with Crippen LogP contribution in [0.25, 0.3) is 0 Å². The first-order valence-electron chi connectivity index (χ1n) is 11.2. The summed E-state index contributed by atoms with van der Waals surface area (Å²) in [5, 5.41) is 3.39. The molecule has 2 fully saturated rings. The highest BCUT2D eigenvalue weighted by Gasteiger charge is 2.23. The molecule has 2 heterocycles. The van der Waals surface area contributed by atoms with Crippen molar-refractivity contribution in [2.75, 3.05) is 32.8 Å². The molecule has 8 heteroatoms. The van der Waals surface area contributed by atoms with Gasteiger partial charge in [0.05, 0.1) is 19.3 Å². The Morgan fingerprint density at radius 3 is 2.61 bits per heavy atom. The maximum absolute atomic E-state index is 11.3. The van der Waals surface area contributed by atoms with Crippen LogP contribution in [0.2, 0.25) is 0 Å². The average Bonchev–Trinajstić information content (AvgIpc) is 2.76. The number of carbonyl (C=O) groups excluding carboxylic acids is 1. The zero-order valence-electron chi connectivity index (χ0n) is 18.6. The van der Waals surface area contributed by atoms with Crippen molar-refractivity contribution in [3.05, 3.63) is 35.4 Å². The molecule has 3 rings (SSSR count). The second kappa shape index (κ2) is 13.9. The van der Waals surface area contributed by atoms with Gasteiger partial charge in [-0.2, -0.15) is 0 Å². The molecule has 0 aromatic heterocycles. The monoisotopic (exact) mass is 544 g/mol. The van der Waals surface area contributed by atoms with Gasteiger partial charge in [0.15, 0.2) is 5.96 Å². The van der Waals surface area contributed by atoms with E-state index in [4.69, 9.17) is 20.2 Å². The number of nitrogens with two attached hydrogens (primary N) is 1. The van der Waals surface area contributed by atoms with E-state index in [1.807, 2.05) is 0 Å². The van der Waals surface area contributed by atoms with Crippen molar-refractivity contribution in [1.29, 1.82) is 0 Å². The lowest BCUT2D eigenvalue weighted by Crippen LogP contribution is -2.47. The molecule has 0 radical (unpaired) electrons. The first kappa shape index (κ1) is 25.9. The number of piperidine rings is 1. The number of hydrogen-bond acceptors (Lipinski definition) is 4. The fraction of sp³-hybridized carbons (Fsp3) is 0.652. The van der Waals surface area contributed by atoms with E-state index in [9.17, 15) is 4.79 Å². The Morgan fingerprint density at radius 1 is 1.23 bits per heavy atom. The van der Waals surface area contributed by atoms with Gasteiger partial charge in [-0.1, -0.05) is 24.3 Å². The summed E-state index contributed by atoms with van der Waals surface area (Å²) >= 11 is 0. The molecule has 1 aromatic carbocycles. The fourth-order valence-electron chi connectivity index (χ4n) is 4.10. The first-order chi connectivity index (χ1) is 14.6. The molecule has 0 saturated carbocycles. The Bertz CT molecular complexity index is 693. The average molecular weight is 544 g/mol. The molecular weight excluding hydrogens is 507 g/mol. The molecular formula is C23H37IN4O3. The number of aliphatic imine (C=N–C) groups is 1. The number of amides is 1. The molecule has 0 bridgehead atoms. The number of guanidine groups is 1. The van der Waals surface area contributed by atoms with E-state index in [0.717, 1.165) is 64.5 Å². The minimum absolute atomic E-state index is 0. The van der Waals surface area contributed by atoms with Crippen LogP contribution in [-0.4, -0.2) is 55.7 Å². The lowest BCUT2D eigenvalue weighted by molar-refractivity contribution is -0.119. The minimum Gasteiger partial charge on any atom is -0.381 e. The quantitative estimate of drug-likeness (QED) is 0.299. The number of likely N-dealkylation sites (tertiary alicyclic amines) is 1. The van der Waals surface area contributed by atoms with Gasteiger partial charge in [-0.15, -0.1) is 24.0 Å². The Hall–Kier alpha value is -1.39. The highest BCUT2D eigenvalue weighted by atomic mass is 127. The summed E-state index contributed by atoms with van der Waals surface area (Å²) in [4.78, 5) is 18.4. The highest BCUT2D eigenvalue weighted by molar-refractivity contribution is 14.0. The van der Waals surface area contributed by atoms with E-state index < -0.39 is 0 Å². The molecule has 0 spiro atoms. The molecule has 174 valence electrons. The zero-order chi connectivity index (χ0) is 21.2. The van der Waals surface area contributed by atoms with Crippen molar-refractivity contribution in [3.8, 4) is 0 Å². The fourth-order valence-corrected chi connectivity index (χ4v) is 4.10. The van der Waals surface area contributed by atoms with Gasteiger partial charge in [-0.05, 0) is 49.7 Å². The van der Waals surface area contributed by atoms with Crippen LogP contribution in [0, 0.1) is 5.92 Å². The molecule has 3 N–H and O–H groups in total. The van der Waals surface area contributed by atoms with Gasteiger partial charge >= 0.3 is 0 Å². The molecule has 2 saturated heterocycles. The number of nitrogens with zero attached hydrogens (tertiary/aromatic N) is 2. The van der Waals surface area contributed by atoms with Crippen LogP contribution >= 0.6 is 24.0 Å². The second-order valence-corrected chi connectivity index (χ2v) is 8.23. The van der Waals surface area contributed by atoms with Crippen molar-refractivity contribution in [1.82, 2.24) is 10.2 Å². The summed E-state index contributed by atoms with van der Waals surface area (Å²) in [7, 11) is 0. The van der Waals surface area contributed by atoms with Gasteiger partial charge < -0.3 is 25.4 Å². The van der Waals surface area contributed by atoms with Gasteiger partial charge in [-0.25, -0.2) is 4.99 Å². The smallest absolute Gasteiger partial charge is 0.217 e. The molecule has 31 heavy (non-hydrogen) atoms. The number of ether oxygens (including phenoxy) is 2. The molecule has 1 amide bonds. The van der Waals surface area contributed by atoms with Gasteiger partial charge in [0.25, 0.3) is 0 Å². The summed E-state index contributed by atoms with van der Waals surface area (Å²) in [6, 6.07) is 8.51. The van der Waals surface area contributed by atoms with E-state index in [2.05, 4.69) is 41.4 Å². The second-order valence-electron chi connectivity index (χ2n) is 8.23. The number of carbonyl (C=O) groups is 1. The van der Waals surface area contributed by atoms with Crippen LogP contribution < -0.4 is 11.1 Å². The molecule has 2 aliphatic heterocycles. The lowest BCUT2D eigenvalue weighted by atomic mass is 9.95. The van der Waals surface area contributed by atoms with Crippen molar-refractivity contribution < 1.29 is 14.3 Å². The Kier molecular flexibility index (Phi) is 11.6. The highest BCUT2D eigenvalue weighted by Crippen LogP contribution is 2.20. The van der Waals surface area contributed by atoms with Crippen LogP contribution in [0.15, 0.2) is 29.3 Å². The van der Waals surface area contributed by atoms with E-state index in [-0.39, 0.29) is 29.9 Å². The number of rotatable bonds is 8. The maximum atomic E-state index is 11.3. The number of halogens is 1. The van der Waals surface area contributed by atoms with Crippen LogP contribution in [-0.2, 0) is 27.4 Å². The third kappa shape index (κ3) is 8.94. The van der Waals surface area contributed by atoms with Gasteiger partial charge in [0.2, 0.25) is 5.91 Å². The third-order valence-corrected chi connectivity index (χ3v) is 5.73. The summed E-state index contributed by atoms with van der Waals surface area (Å²) in [5.41, 5.74) is 7.76. The van der Waals surface area contributed by atoms with Crippen molar-refractivity contribution in [2.45, 2.75) is 58.3 Å². The van der Waals surface area contributed by atoms with Crippen LogP contribution in [0.4, 0.5) is 0 Å². The standard InChI is InChI=1S/C23H36N4O3.HI/c1-2-25-23(27-11-3-4-20(16-27)14-22(24)28)26-15-18-5-7-19(8-6-18)17-30-21-9-12-29-13-10-21;/h5-8,20-21H,2-4,9-17H2,1H3,(H2,24,28)(H,25,26);1H. The summed E-state index contributed by atoms with van der Waals surface area (Å²) in [6.45, 7) is 7.56. The van der Waals surface area contributed by atoms with Gasteiger partial charge in [0.1, 0.15) is 0 Å². The minimum atomic E-state index is -0.218. The van der Waals surface area contributed by atoms with E-state index in [0.29, 0.717) is 31.6 Å². The predicted octanol–water partition coefficient (Wildman–Crippen LogP) is 3.05. The van der Waals surface area contributed by atoms with Crippen molar-refractivity contribution in [3.63, 3.8) is 0 Å². The third-order valence-electron chi connectivity index (χ3n) is 5.73. The Balaban J connectivity index is 0.00000341. The van der Waals surface area contributed by atoms with E-state index in [1.54, 1.807) is 0 Å². The summed E-state index contributed by atoms with van der Waals surface area (Å²) in [6.07, 6.45) is 4.84. The normalized spacial score (nSPS) is 20.2. The first-order valence-corrected chi connectivity index (χ1v) is 11.2. The summed E-state index contributed by atoms with van der Waals surface area (Å²) in [5.74, 6) is 1.01. The van der Waals surface area contributed by atoms with Gasteiger partial charge in [-0.3, -0.25) is 4.79 Å². The number of benzene rings is 1. The maximum Gasteiger partial charge on any atom is 0.217 e. The topological polar surface area (TPSA) is 89.2 Å². The number of primary amides is 1. The SMILES string of the molecule is CCNC(=NCc1ccc(COC2CCOCC2)cc1)N1CCCC(CC(N)=O)C1.I.